The molecule has 0 spiro atoms. The van der Waals surface area contributed by atoms with E-state index in [0.717, 1.165) is 34.2 Å². The zero-order chi connectivity index (χ0) is 15.0. The predicted molar refractivity (Wildman–Crippen MR) is 79.2 cm³/mol. The molecule has 0 atom stereocenters. The van der Waals surface area contributed by atoms with Gasteiger partial charge in [-0.15, -0.1) is 0 Å². The van der Waals surface area contributed by atoms with E-state index in [1.807, 2.05) is 42.9 Å². The molecule has 0 aliphatic rings. The normalized spacial score (nSPS) is 11.5. The van der Waals surface area contributed by atoms with Crippen LogP contribution in [-0.2, 0) is 11.8 Å². The van der Waals surface area contributed by atoms with E-state index >= 15 is 0 Å². The van der Waals surface area contributed by atoms with Crippen molar-refractivity contribution in [2.24, 2.45) is 7.05 Å². The Kier molecular flexibility index (Phi) is 3.06. The van der Waals surface area contributed by atoms with E-state index in [0.29, 0.717) is 0 Å². The van der Waals surface area contributed by atoms with Gasteiger partial charge in [0.1, 0.15) is 11.5 Å². The van der Waals surface area contributed by atoms with Gasteiger partial charge in [0.05, 0.1) is 5.69 Å². The topological polar surface area (TPSA) is 72.9 Å². The first-order valence-electron chi connectivity index (χ1n) is 6.45. The minimum Gasteiger partial charge on any atom is -0.478 e. The van der Waals surface area contributed by atoms with E-state index in [2.05, 4.69) is 10.1 Å². The summed E-state index contributed by atoms with van der Waals surface area (Å²) in [6.45, 7) is 1.85. The lowest BCUT2D eigenvalue weighted by Gasteiger charge is -2.06. The second-order valence-corrected chi connectivity index (χ2v) is 4.72. The highest BCUT2D eigenvalue weighted by Gasteiger charge is 2.15. The molecular formula is C15H14N4O2. The van der Waals surface area contributed by atoms with Gasteiger partial charge in [0, 0.05) is 36.5 Å². The summed E-state index contributed by atoms with van der Waals surface area (Å²) in [5.74, 6) is -0.196. The van der Waals surface area contributed by atoms with Crippen LogP contribution in [0.3, 0.4) is 0 Å². The third-order valence-electron chi connectivity index (χ3n) is 3.31. The molecule has 6 heteroatoms. The number of fused-ring (bicyclic) bond motifs is 1. The quantitative estimate of drug-likeness (QED) is 0.747. The Bertz CT molecular complexity index is 858. The third kappa shape index (κ3) is 2.20. The molecule has 0 aliphatic heterocycles. The van der Waals surface area contributed by atoms with Gasteiger partial charge in [-0.2, -0.15) is 5.10 Å². The standard InChI is InChI=1S/C15H14N4O2/c1-10-12(5-6-13(20)21)15(18(2)17-10)19-9-7-11-4-3-8-16-14(11)19/h3-9H,1-2H3,(H,20,21). The van der Waals surface area contributed by atoms with E-state index in [1.165, 1.54) is 0 Å². The van der Waals surface area contributed by atoms with Crippen molar-refractivity contribution >= 4 is 23.1 Å². The third-order valence-corrected chi connectivity index (χ3v) is 3.31. The first-order chi connectivity index (χ1) is 10.1. The monoisotopic (exact) mass is 282 g/mol. The van der Waals surface area contributed by atoms with Crippen molar-refractivity contribution in [2.45, 2.75) is 6.92 Å². The molecule has 0 radical (unpaired) electrons. The van der Waals surface area contributed by atoms with Gasteiger partial charge in [0.15, 0.2) is 0 Å². The smallest absolute Gasteiger partial charge is 0.328 e. The summed E-state index contributed by atoms with van der Waals surface area (Å²) < 4.78 is 3.64. The van der Waals surface area contributed by atoms with Crippen LogP contribution in [0.2, 0.25) is 0 Å². The number of pyridine rings is 1. The first-order valence-corrected chi connectivity index (χ1v) is 6.45. The van der Waals surface area contributed by atoms with Crippen LogP contribution in [0, 0.1) is 6.92 Å². The largest absolute Gasteiger partial charge is 0.478 e. The van der Waals surface area contributed by atoms with Crippen LogP contribution in [0.15, 0.2) is 36.7 Å². The van der Waals surface area contributed by atoms with Gasteiger partial charge in [-0.1, -0.05) is 0 Å². The molecular weight excluding hydrogens is 268 g/mol. The summed E-state index contributed by atoms with van der Waals surface area (Å²) in [4.78, 5) is 15.2. The fourth-order valence-electron chi connectivity index (χ4n) is 2.43. The number of aliphatic carboxylic acids is 1. The van der Waals surface area contributed by atoms with Crippen LogP contribution in [0.5, 0.6) is 0 Å². The Morgan fingerprint density at radius 3 is 2.95 bits per heavy atom. The molecule has 3 rings (SSSR count). The molecule has 0 bridgehead atoms. The number of hydrogen-bond donors (Lipinski definition) is 1. The van der Waals surface area contributed by atoms with Crippen molar-refractivity contribution in [3.63, 3.8) is 0 Å². The lowest BCUT2D eigenvalue weighted by molar-refractivity contribution is -0.131. The Morgan fingerprint density at radius 2 is 2.19 bits per heavy atom. The molecule has 3 aromatic rings. The second-order valence-electron chi connectivity index (χ2n) is 4.72. The molecule has 0 aromatic carbocycles. The highest BCUT2D eigenvalue weighted by molar-refractivity contribution is 5.87. The number of rotatable bonds is 3. The lowest BCUT2D eigenvalue weighted by atomic mass is 10.2. The van der Waals surface area contributed by atoms with E-state index in [-0.39, 0.29) is 0 Å². The van der Waals surface area contributed by atoms with E-state index in [1.54, 1.807) is 17.0 Å². The van der Waals surface area contributed by atoms with Gasteiger partial charge < -0.3 is 5.11 Å². The lowest BCUT2D eigenvalue weighted by Crippen LogP contribution is -2.03. The Balaban J connectivity index is 2.25. The van der Waals surface area contributed by atoms with E-state index in [4.69, 9.17) is 5.11 Å². The number of hydrogen-bond acceptors (Lipinski definition) is 3. The molecule has 0 aliphatic carbocycles. The second kappa shape index (κ2) is 4.90. The fourth-order valence-corrected chi connectivity index (χ4v) is 2.43. The summed E-state index contributed by atoms with van der Waals surface area (Å²) in [7, 11) is 1.83. The van der Waals surface area contributed by atoms with Crippen LogP contribution in [-0.4, -0.2) is 30.4 Å². The number of carbonyl (C=O) groups is 1. The maximum absolute atomic E-state index is 10.8. The van der Waals surface area contributed by atoms with E-state index in [9.17, 15) is 4.79 Å². The minimum atomic E-state index is -0.986. The number of nitrogens with zero attached hydrogens (tertiary/aromatic N) is 4. The molecule has 106 valence electrons. The Morgan fingerprint density at radius 1 is 1.38 bits per heavy atom. The first kappa shape index (κ1) is 13.1. The maximum Gasteiger partial charge on any atom is 0.328 e. The molecule has 0 fully saturated rings. The summed E-state index contributed by atoms with van der Waals surface area (Å²) in [6, 6.07) is 5.83. The summed E-state index contributed by atoms with van der Waals surface area (Å²) in [5.41, 5.74) is 2.34. The van der Waals surface area contributed by atoms with Gasteiger partial charge in [-0.3, -0.25) is 9.25 Å². The molecule has 3 aromatic heterocycles. The molecule has 0 amide bonds. The molecule has 0 unspecified atom stereocenters. The zero-order valence-electron chi connectivity index (χ0n) is 11.7. The van der Waals surface area contributed by atoms with Crippen molar-refractivity contribution in [1.82, 2.24) is 19.3 Å². The van der Waals surface area contributed by atoms with Crippen molar-refractivity contribution in [3.8, 4) is 5.82 Å². The molecule has 1 N–H and O–H groups in total. The maximum atomic E-state index is 10.8. The van der Waals surface area contributed by atoms with E-state index < -0.39 is 5.97 Å². The highest BCUT2D eigenvalue weighted by Crippen LogP contribution is 2.24. The highest BCUT2D eigenvalue weighted by atomic mass is 16.4. The SMILES string of the molecule is Cc1nn(C)c(-n2ccc3cccnc32)c1C=CC(=O)O. The van der Waals surface area contributed by atoms with Crippen LogP contribution >= 0.6 is 0 Å². The number of carboxylic acids is 1. The Labute approximate surface area is 121 Å². The summed E-state index contributed by atoms with van der Waals surface area (Å²) in [6.07, 6.45) is 6.32. The summed E-state index contributed by atoms with van der Waals surface area (Å²) in [5, 5.41) is 14.2. The Hall–Kier alpha value is -2.89. The van der Waals surface area contributed by atoms with Gasteiger partial charge in [-0.05, 0) is 31.2 Å². The van der Waals surface area contributed by atoms with Crippen molar-refractivity contribution < 1.29 is 9.90 Å². The number of carboxylic acid groups (broad SMARTS) is 1. The van der Waals surface area contributed by atoms with Crippen molar-refractivity contribution in [3.05, 3.63) is 47.9 Å². The molecule has 0 saturated heterocycles. The van der Waals surface area contributed by atoms with Gasteiger partial charge in [0.2, 0.25) is 0 Å². The number of aryl methyl sites for hydroxylation is 2. The van der Waals surface area contributed by atoms with Gasteiger partial charge >= 0.3 is 5.97 Å². The van der Waals surface area contributed by atoms with Crippen molar-refractivity contribution in [2.75, 3.05) is 0 Å². The van der Waals surface area contributed by atoms with Gasteiger partial charge in [-0.25, -0.2) is 9.78 Å². The minimum absolute atomic E-state index is 0.766. The molecule has 21 heavy (non-hydrogen) atoms. The molecule has 6 nitrogen and oxygen atoms in total. The van der Waals surface area contributed by atoms with Crippen LogP contribution in [0.4, 0.5) is 0 Å². The molecule has 3 heterocycles. The van der Waals surface area contributed by atoms with Gasteiger partial charge in [0.25, 0.3) is 0 Å². The van der Waals surface area contributed by atoms with Crippen LogP contribution in [0.1, 0.15) is 11.3 Å². The predicted octanol–water partition coefficient (Wildman–Crippen LogP) is 2.17. The van der Waals surface area contributed by atoms with Crippen LogP contribution < -0.4 is 0 Å². The average Bonchev–Trinajstić information content (AvgIpc) is 2.97. The number of aromatic nitrogens is 4. The zero-order valence-corrected chi connectivity index (χ0v) is 11.7. The molecule has 0 saturated carbocycles. The fraction of sp³-hybridized carbons (Fsp3) is 0.133. The average molecular weight is 282 g/mol. The summed E-state index contributed by atoms with van der Waals surface area (Å²) >= 11 is 0. The van der Waals surface area contributed by atoms with Crippen molar-refractivity contribution in [1.29, 1.82) is 0 Å². The van der Waals surface area contributed by atoms with Crippen LogP contribution in [0.25, 0.3) is 22.9 Å².